The van der Waals surface area contributed by atoms with Crippen LogP contribution in [0, 0.1) is 0 Å². The number of primary amides is 1. The number of rotatable bonds is 7. The van der Waals surface area contributed by atoms with Crippen molar-refractivity contribution in [3.05, 3.63) is 52.9 Å². The standard InChI is InChI=1S/C18H21N5O4S/c1-26-12-6-3-10(4-7-12)16(25)23-17-14(15(19)24)22-18(28-17)21-11-5-8-13(27-2)20-9-11/h3,5-6,8,20H,4,7,9H2,1-2H3,(H2,19,24)(H,21,22)(H,23,25). The molecule has 1 aromatic rings. The quantitative estimate of drug-likeness (QED) is 0.547. The van der Waals surface area contributed by atoms with E-state index in [0.717, 1.165) is 22.8 Å². The summed E-state index contributed by atoms with van der Waals surface area (Å²) in [5.41, 5.74) is 6.86. The zero-order chi connectivity index (χ0) is 20.1. The predicted molar refractivity (Wildman–Crippen MR) is 106 cm³/mol. The molecule has 2 amide bonds. The van der Waals surface area contributed by atoms with Gasteiger partial charge >= 0.3 is 0 Å². The van der Waals surface area contributed by atoms with Gasteiger partial charge in [-0.25, -0.2) is 4.98 Å². The van der Waals surface area contributed by atoms with Crippen molar-refractivity contribution < 1.29 is 19.1 Å². The van der Waals surface area contributed by atoms with Crippen LogP contribution in [0.3, 0.4) is 0 Å². The molecule has 0 unspecified atom stereocenters. The maximum absolute atomic E-state index is 12.5. The maximum Gasteiger partial charge on any atom is 0.270 e. The first-order valence-electron chi connectivity index (χ1n) is 8.51. The van der Waals surface area contributed by atoms with E-state index in [1.54, 1.807) is 32.4 Å². The lowest BCUT2D eigenvalue weighted by atomic mass is 10.0. The van der Waals surface area contributed by atoms with Gasteiger partial charge in [0, 0.05) is 17.7 Å². The zero-order valence-corrected chi connectivity index (χ0v) is 16.3. The molecule has 10 heteroatoms. The minimum atomic E-state index is -0.712. The second-order valence-corrected chi connectivity index (χ2v) is 6.95. The highest BCUT2D eigenvalue weighted by Gasteiger charge is 2.21. The fraction of sp³-hybridized carbons (Fsp3) is 0.278. The Morgan fingerprint density at radius 3 is 2.57 bits per heavy atom. The Morgan fingerprint density at radius 2 is 2.00 bits per heavy atom. The number of nitrogens with zero attached hydrogens (tertiary/aromatic N) is 1. The summed E-state index contributed by atoms with van der Waals surface area (Å²) in [6.07, 6.45) is 8.28. The molecule has 0 atom stereocenters. The molecule has 3 rings (SSSR count). The minimum absolute atomic E-state index is 0.0165. The van der Waals surface area contributed by atoms with E-state index in [1.807, 2.05) is 6.08 Å². The van der Waals surface area contributed by atoms with Crippen molar-refractivity contribution in [2.24, 2.45) is 5.73 Å². The normalized spacial score (nSPS) is 15.9. The van der Waals surface area contributed by atoms with E-state index in [-0.39, 0.29) is 11.6 Å². The molecule has 1 aliphatic heterocycles. The van der Waals surface area contributed by atoms with E-state index in [4.69, 9.17) is 15.2 Å². The monoisotopic (exact) mass is 403 g/mol. The summed E-state index contributed by atoms with van der Waals surface area (Å²) >= 11 is 1.14. The van der Waals surface area contributed by atoms with Crippen molar-refractivity contribution in [1.29, 1.82) is 0 Å². The van der Waals surface area contributed by atoms with Crippen LogP contribution in [0.4, 0.5) is 10.1 Å². The Morgan fingerprint density at radius 1 is 1.18 bits per heavy atom. The molecule has 0 aromatic carbocycles. The van der Waals surface area contributed by atoms with Crippen LogP contribution in [-0.2, 0) is 14.3 Å². The third-order valence-corrected chi connectivity index (χ3v) is 5.02. The van der Waals surface area contributed by atoms with E-state index < -0.39 is 5.91 Å². The number of allylic oxidation sites excluding steroid dienone is 5. The Balaban J connectivity index is 1.75. The number of amides is 2. The number of aromatic nitrogens is 1. The molecule has 1 aromatic heterocycles. The van der Waals surface area contributed by atoms with Crippen molar-refractivity contribution in [3.8, 4) is 0 Å². The topological polar surface area (TPSA) is 128 Å². The number of nitrogens with one attached hydrogen (secondary N) is 3. The van der Waals surface area contributed by atoms with Gasteiger partial charge in [0.25, 0.3) is 11.8 Å². The molecule has 0 saturated heterocycles. The van der Waals surface area contributed by atoms with Crippen molar-refractivity contribution >= 4 is 33.3 Å². The summed E-state index contributed by atoms with van der Waals surface area (Å²) in [5, 5.41) is 9.68. The number of thiazole rings is 1. The fourth-order valence-corrected chi connectivity index (χ4v) is 3.53. The number of carbonyl (C=O) groups is 2. The number of anilines is 2. The molecule has 5 N–H and O–H groups in total. The summed E-state index contributed by atoms with van der Waals surface area (Å²) in [6.45, 7) is 0.508. The van der Waals surface area contributed by atoms with E-state index in [1.165, 1.54) is 0 Å². The van der Waals surface area contributed by atoms with Gasteiger partial charge in [-0.05, 0) is 24.6 Å². The summed E-state index contributed by atoms with van der Waals surface area (Å²) in [4.78, 5) is 28.5. The van der Waals surface area contributed by atoms with Crippen LogP contribution in [-0.4, -0.2) is 37.6 Å². The van der Waals surface area contributed by atoms with E-state index in [2.05, 4.69) is 20.9 Å². The molecular formula is C18H21N5O4S. The largest absolute Gasteiger partial charge is 0.501 e. The molecule has 0 spiro atoms. The molecule has 9 nitrogen and oxygen atoms in total. The van der Waals surface area contributed by atoms with E-state index in [0.29, 0.717) is 41.0 Å². The molecule has 148 valence electrons. The smallest absolute Gasteiger partial charge is 0.270 e. The molecule has 0 saturated carbocycles. The summed E-state index contributed by atoms with van der Waals surface area (Å²) < 4.78 is 10.3. The van der Waals surface area contributed by atoms with Gasteiger partial charge in [-0.1, -0.05) is 17.4 Å². The average molecular weight is 403 g/mol. The van der Waals surface area contributed by atoms with Gasteiger partial charge in [-0.3, -0.25) is 9.59 Å². The third-order valence-electron chi connectivity index (χ3n) is 4.13. The Bertz CT molecular complexity index is 913. The van der Waals surface area contributed by atoms with Crippen LogP contribution >= 0.6 is 11.3 Å². The lowest BCUT2D eigenvalue weighted by molar-refractivity contribution is -0.113. The summed E-state index contributed by atoms with van der Waals surface area (Å²) in [5.74, 6) is 0.465. The first-order chi connectivity index (χ1) is 13.5. The highest BCUT2D eigenvalue weighted by molar-refractivity contribution is 7.20. The minimum Gasteiger partial charge on any atom is -0.501 e. The summed E-state index contributed by atoms with van der Waals surface area (Å²) in [7, 11) is 3.17. The van der Waals surface area contributed by atoms with Gasteiger partial charge in [0.05, 0.1) is 26.5 Å². The number of hydrogen-bond donors (Lipinski definition) is 4. The van der Waals surface area contributed by atoms with Crippen molar-refractivity contribution in [3.63, 3.8) is 0 Å². The second kappa shape index (κ2) is 8.61. The molecule has 0 radical (unpaired) electrons. The number of nitrogens with two attached hydrogens (primary N) is 1. The zero-order valence-electron chi connectivity index (χ0n) is 15.5. The van der Waals surface area contributed by atoms with Crippen molar-refractivity contribution in [1.82, 2.24) is 10.3 Å². The van der Waals surface area contributed by atoms with Crippen molar-refractivity contribution in [2.75, 3.05) is 31.4 Å². The highest BCUT2D eigenvalue weighted by Crippen LogP contribution is 2.30. The van der Waals surface area contributed by atoms with Gasteiger partial charge in [0.15, 0.2) is 16.7 Å². The number of carbonyl (C=O) groups excluding carboxylic acids is 2. The Kier molecular flexibility index (Phi) is 5.99. The first kappa shape index (κ1) is 19.5. The molecule has 0 bridgehead atoms. The molecule has 2 aliphatic rings. The van der Waals surface area contributed by atoms with E-state index in [9.17, 15) is 9.59 Å². The number of methoxy groups -OCH3 is 2. The number of dihydropyridines is 1. The highest BCUT2D eigenvalue weighted by atomic mass is 32.1. The van der Waals surface area contributed by atoms with Crippen LogP contribution in [0.15, 0.2) is 47.2 Å². The Labute approximate surface area is 166 Å². The molecular weight excluding hydrogens is 382 g/mol. The average Bonchev–Trinajstić information content (AvgIpc) is 3.11. The van der Waals surface area contributed by atoms with Crippen LogP contribution < -0.4 is 21.7 Å². The number of ether oxygens (including phenoxy) is 2. The molecule has 2 heterocycles. The van der Waals surface area contributed by atoms with Crippen molar-refractivity contribution in [2.45, 2.75) is 12.8 Å². The van der Waals surface area contributed by atoms with Gasteiger partial charge in [0.1, 0.15) is 5.00 Å². The Hall–Kier alpha value is -3.27. The summed E-state index contributed by atoms with van der Waals surface area (Å²) in [6, 6.07) is 0. The van der Waals surface area contributed by atoms with Gasteiger partial charge < -0.3 is 31.2 Å². The fourth-order valence-electron chi connectivity index (χ4n) is 2.63. The maximum atomic E-state index is 12.5. The molecule has 28 heavy (non-hydrogen) atoms. The number of hydrogen-bond acceptors (Lipinski definition) is 8. The lowest BCUT2D eigenvalue weighted by Crippen LogP contribution is -2.24. The lowest BCUT2D eigenvalue weighted by Gasteiger charge is -2.16. The van der Waals surface area contributed by atoms with Gasteiger partial charge in [-0.2, -0.15) is 0 Å². The van der Waals surface area contributed by atoms with Gasteiger partial charge in [0.2, 0.25) is 0 Å². The SMILES string of the molecule is COC1=CC=C(C(=O)Nc2sc(NC3=CC=C(OC)NC3)nc2C(N)=O)CC1. The second-order valence-electron chi connectivity index (χ2n) is 5.95. The molecule has 0 fully saturated rings. The van der Waals surface area contributed by atoms with Crippen LogP contribution in [0.2, 0.25) is 0 Å². The third kappa shape index (κ3) is 4.52. The predicted octanol–water partition coefficient (Wildman–Crippen LogP) is 1.82. The van der Waals surface area contributed by atoms with Crippen LogP contribution in [0.1, 0.15) is 23.3 Å². The van der Waals surface area contributed by atoms with Crippen LogP contribution in [0.25, 0.3) is 0 Å². The molecule has 1 aliphatic carbocycles. The van der Waals surface area contributed by atoms with Crippen LogP contribution in [0.5, 0.6) is 0 Å². The van der Waals surface area contributed by atoms with E-state index >= 15 is 0 Å². The first-order valence-corrected chi connectivity index (χ1v) is 9.33. The van der Waals surface area contributed by atoms with Gasteiger partial charge in [-0.15, -0.1) is 0 Å².